The zero-order chi connectivity index (χ0) is 19.5. The maximum Gasteiger partial charge on any atom is 0.274 e. The molecule has 140 valence electrons. The number of phenolic OH excluding ortho intramolecular Hbond substituents is 1. The van der Waals surface area contributed by atoms with Gasteiger partial charge < -0.3 is 10.4 Å². The molecular weight excluding hydrogens is 358 g/mol. The lowest BCUT2D eigenvalue weighted by Gasteiger charge is -2.07. The van der Waals surface area contributed by atoms with Gasteiger partial charge in [0.25, 0.3) is 11.5 Å². The summed E-state index contributed by atoms with van der Waals surface area (Å²) in [5.74, 6) is -0.272. The predicted molar refractivity (Wildman–Crippen MR) is 104 cm³/mol. The Morgan fingerprint density at radius 3 is 2.79 bits per heavy atom. The maximum absolute atomic E-state index is 12.4. The zero-order valence-electron chi connectivity index (χ0n) is 14.8. The van der Waals surface area contributed by atoms with Crippen molar-refractivity contribution in [2.75, 3.05) is 6.54 Å². The number of fused-ring (bicyclic) bond motifs is 1. The molecule has 0 atom stereocenters. The number of phenols is 1. The van der Waals surface area contributed by atoms with E-state index in [0.717, 1.165) is 5.39 Å². The molecule has 0 fully saturated rings. The summed E-state index contributed by atoms with van der Waals surface area (Å²) in [5, 5.41) is 24.8. The number of aromatic nitrogens is 4. The summed E-state index contributed by atoms with van der Waals surface area (Å²) in [6, 6.07) is 15.5. The highest BCUT2D eigenvalue weighted by Gasteiger charge is 2.13. The third-order valence-corrected chi connectivity index (χ3v) is 4.37. The van der Waals surface area contributed by atoms with Gasteiger partial charge in [0.2, 0.25) is 0 Å². The fourth-order valence-electron chi connectivity index (χ4n) is 2.92. The van der Waals surface area contributed by atoms with Gasteiger partial charge in [-0.3, -0.25) is 14.7 Å². The average molecular weight is 375 g/mol. The quantitative estimate of drug-likeness (QED) is 0.493. The normalized spacial score (nSPS) is 10.9. The van der Waals surface area contributed by atoms with Gasteiger partial charge in [0, 0.05) is 17.5 Å². The summed E-state index contributed by atoms with van der Waals surface area (Å²) in [6.07, 6.45) is 1.63. The molecule has 3 N–H and O–H groups in total. The van der Waals surface area contributed by atoms with Crippen LogP contribution in [0, 0.1) is 0 Å². The van der Waals surface area contributed by atoms with Crippen LogP contribution in [0.1, 0.15) is 10.5 Å². The van der Waals surface area contributed by atoms with Crippen molar-refractivity contribution in [2.45, 2.75) is 6.54 Å². The van der Waals surface area contributed by atoms with Crippen molar-refractivity contribution in [3.8, 4) is 17.0 Å². The van der Waals surface area contributed by atoms with E-state index in [1.54, 1.807) is 48.7 Å². The number of rotatable bonds is 5. The summed E-state index contributed by atoms with van der Waals surface area (Å²) in [6.45, 7) is 0.477. The Morgan fingerprint density at radius 2 is 1.93 bits per heavy atom. The van der Waals surface area contributed by atoms with E-state index in [0.29, 0.717) is 16.6 Å². The van der Waals surface area contributed by atoms with E-state index in [2.05, 4.69) is 20.6 Å². The Hall–Kier alpha value is -3.94. The summed E-state index contributed by atoms with van der Waals surface area (Å²) in [4.78, 5) is 24.7. The van der Waals surface area contributed by atoms with Crippen LogP contribution in [-0.4, -0.2) is 37.5 Å². The van der Waals surface area contributed by atoms with Crippen LogP contribution in [0.5, 0.6) is 5.75 Å². The van der Waals surface area contributed by atoms with Gasteiger partial charge in [-0.2, -0.15) is 10.2 Å². The molecule has 28 heavy (non-hydrogen) atoms. The molecule has 1 amide bonds. The third-order valence-electron chi connectivity index (χ3n) is 4.37. The Kier molecular flexibility index (Phi) is 4.59. The minimum atomic E-state index is -0.358. The highest BCUT2D eigenvalue weighted by atomic mass is 16.3. The first-order valence-corrected chi connectivity index (χ1v) is 8.70. The molecule has 0 bridgehead atoms. The molecule has 0 saturated carbocycles. The first-order valence-electron chi connectivity index (χ1n) is 8.70. The number of benzene rings is 2. The number of H-pyrrole nitrogens is 1. The molecule has 4 rings (SSSR count). The van der Waals surface area contributed by atoms with Gasteiger partial charge in [-0.15, -0.1) is 0 Å². The molecule has 0 radical (unpaired) electrons. The van der Waals surface area contributed by atoms with E-state index in [9.17, 15) is 14.7 Å². The number of hydrogen-bond acceptors (Lipinski definition) is 5. The number of aromatic hydroxyl groups is 1. The van der Waals surface area contributed by atoms with Crippen LogP contribution in [0.2, 0.25) is 0 Å². The maximum atomic E-state index is 12.4. The molecule has 4 aromatic rings. The Morgan fingerprint density at radius 1 is 1.14 bits per heavy atom. The van der Waals surface area contributed by atoms with E-state index >= 15 is 0 Å². The average Bonchev–Trinajstić information content (AvgIpc) is 3.20. The van der Waals surface area contributed by atoms with E-state index < -0.39 is 0 Å². The minimum absolute atomic E-state index is 0.0858. The van der Waals surface area contributed by atoms with Crippen LogP contribution in [0.15, 0.2) is 65.6 Å². The highest BCUT2D eigenvalue weighted by molar-refractivity contribution is 5.93. The van der Waals surface area contributed by atoms with E-state index in [-0.39, 0.29) is 36.0 Å². The monoisotopic (exact) mass is 375 g/mol. The Bertz CT molecular complexity index is 1210. The lowest BCUT2D eigenvalue weighted by atomic mass is 10.1. The SMILES string of the molecule is O=C(NCCn1ncc2ccccc2c1=O)c1cc(-c2ccccc2O)n[nH]1. The van der Waals surface area contributed by atoms with Crippen molar-refractivity contribution in [3.05, 3.63) is 76.8 Å². The molecule has 2 aromatic carbocycles. The van der Waals surface area contributed by atoms with Gasteiger partial charge in [-0.1, -0.05) is 30.3 Å². The van der Waals surface area contributed by atoms with E-state index in [1.165, 1.54) is 4.68 Å². The summed E-state index contributed by atoms with van der Waals surface area (Å²) >= 11 is 0. The summed E-state index contributed by atoms with van der Waals surface area (Å²) in [7, 11) is 0. The Labute approximate surface area is 159 Å². The lowest BCUT2D eigenvalue weighted by Crippen LogP contribution is -2.32. The second-order valence-electron chi connectivity index (χ2n) is 6.20. The molecule has 2 heterocycles. The number of amides is 1. The Balaban J connectivity index is 1.42. The van der Waals surface area contributed by atoms with Gasteiger partial charge >= 0.3 is 0 Å². The summed E-state index contributed by atoms with van der Waals surface area (Å²) < 4.78 is 1.32. The van der Waals surface area contributed by atoms with Crippen LogP contribution >= 0.6 is 0 Å². The number of para-hydroxylation sites is 1. The van der Waals surface area contributed by atoms with Crippen LogP contribution in [-0.2, 0) is 6.54 Å². The molecule has 0 spiro atoms. The van der Waals surface area contributed by atoms with E-state index in [4.69, 9.17) is 0 Å². The van der Waals surface area contributed by atoms with Gasteiger partial charge in [-0.05, 0) is 24.3 Å². The number of hydrogen-bond donors (Lipinski definition) is 3. The fourth-order valence-corrected chi connectivity index (χ4v) is 2.92. The van der Waals surface area contributed by atoms with Crippen LogP contribution in [0.25, 0.3) is 22.0 Å². The number of carbonyl (C=O) groups is 1. The van der Waals surface area contributed by atoms with Crippen molar-refractivity contribution in [1.29, 1.82) is 0 Å². The molecular formula is C20H17N5O3. The van der Waals surface area contributed by atoms with Crippen molar-refractivity contribution in [2.24, 2.45) is 0 Å². The van der Waals surface area contributed by atoms with E-state index in [1.807, 2.05) is 12.1 Å². The topological polar surface area (TPSA) is 113 Å². The molecule has 0 aliphatic carbocycles. The van der Waals surface area contributed by atoms with Crippen molar-refractivity contribution >= 4 is 16.7 Å². The van der Waals surface area contributed by atoms with Gasteiger partial charge in [0.15, 0.2) is 0 Å². The number of nitrogens with zero attached hydrogens (tertiary/aromatic N) is 3. The van der Waals surface area contributed by atoms with Crippen LogP contribution in [0.4, 0.5) is 0 Å². The second-order valence-corrected chi connectivity index (χ2v) is 6.20. The summed E-state index contributed by atoms with van der Waals surface area (Å²) in [5.41, 5.74) is 1.06. The van der Waals surface area contributed by atoms with Crippen molar-refractivity contribution in [3.63, 3.8) is 0 Å². The largest absolute Gasteiger partial charge is 0.507 e. The lowest BCUT2D eigenvalue weighted by molar-refractivity contribution is 0.0946. The van der Waals surface area contributed by atoms with Crippen LogP contribution in [0.3, 0.4) is 0 Å². The third kappa shape index (κ3) is 3.35. The molecule has 0 aliphatic heterocycles. The second kappa shape index (κ2) is 7.36. The number of carbonyl (C=O) groups excluding carboxylic acids is 1. The number of nitrogens with one attached hydrogen (secondary N) is 2. The van der Waals surface area contributed by atoms with Crippen molar-refractivity contribution < 1.29 is 9.90 Å². The first kappa shape index (κ1) is 17.5. The van der Waals surface area contributed by atoms with Gasteiger partial charge in [0.05, 0.1) is 23.8 Å². The smallest absolute Gasteiger partial charge is 0.274 e. The molecule has 8 heteroatoms. The predicted octanol–water partition coefficient (Wildman–Crippen LogP) is 1.92. The van der Waals surface area contributed by atoms with Gasteiger partial charge in [-0.25, -0.2) is 4.68 Å². The van der Waals surface area contributed by atoms with Crippen LogP contribution < -0.4 is 10.9 Å². The standard InChI is InChI=1S/C20H17N5O3/c26-18-8-4-3-7-15(18)16-11-17(24-23-16)19(27)21-9-10-25-20(28)14-6-2-1-5-13(14)12-22-25/h1-8,11-12,26H,9-10H2,(H,21,27)(H,23,24). The molecule has 0 saturated heterocycles. The minimum Gasteiger partial charge on any atom is -0.507 e. The first-order chi connectivity index (χ1) is 13.6. The van der Waals surface area contributed by atoms with Gasteiger partial charge in [0.1, 0.15) is 11.4 Å². The molecule has 8 nitrogen and oxygen atoms in total. The molecule has 0 unspecified atom stereocenters. The fraction of sp³-hybridized carbons (Fsp3) is 0.100. The highest BCUT2D eigenvalue weighted by Crippen LogP contribution is 2.27. The molecule has 2 aromatic heterocycles. The van der Waals surface area contributed by atoms with Crippen molar-refractivity contribution in [1.82, 2.24) is 25.3 Å². The zero-order valence-corrected chi connectivity index (χ0v) is 14.8. The number of aromatic amines is 1. The molecule has 0 aliphatic rings.